The van der Waals surface area contributed by atoms with Gasteiger partial charge in [-0.25, -0.2) is 0 Å². The largest absolute Gasteiger partial charge is 0.496 e. The molecule has 0 spiro atoms. The lowest BCUT2D eigenvalue weighted by Gasteiger charge is -2.32. The van der Waals surface area contributed by atoms with E-state index in [-0.39, 0.29) is 34.8 Å². The third-order valence-corrected chi connectivity index (χ3v) is 5.41. The Morgan fingerprint density at radius 2 is 1.47 bits per heavy atom. The Balaban J connectivity index is 3.62. The van der Waals surface area contributed by atoms with Crippen LogP contribution in [0.2, 0.25) is 0 Å². The zero-order valence-electron chi connectivity index (χ0n) is 19.6. The standard InChI is InChI=1S/C23H35O6P/c1-15(13-21(2,3)4)14-23(30-26,20(25)29-22(5,6)7)19(24)18-16(27-8)11-10-12-17(18)28-9/h10-12,15H,13-14H2,1-9H3. The summed E-state index contributed by atoms with van der Waals surface area (Å²) in [7, 11) is 2.24. The van der Waals surface area contributed by atoms with Gasteiger partial charge in [-0.1, -0.05) is 33.8 Å². The summed E-state index contributed by atoms with van der Waals surface area (Å²) in [5.74, 6) is -1.02. The van der Waals surface area contributed by atoms with Gasteiger partial charge in [-0.3, -0.25) is 14.2 Å². The average Bonchev–Trinajstić information content (AvgIpc) is 2.61. The Bertz CT molecular complexity index is 753. The van der Waals surface area contributed by atoms with E-state index in [0.29, 0.717) is 0 Å². The van der Waals surface area contributed by atoms with Crippen LogP contribution in [0.15, 0.2) is 18.2 Å². The van der Waals surface area contributed by atoms with Crippen LogP contribution in [0, 0.1) is 11.3 Å². The van der Waals surface area contributed by atoms with Crippen LogP contribution in [-0.2, 0) is 14.1 Å². The van der Waals surface area contributed by atoms with E-state index in [1.54, 1.807) is 39.0 Å². The van der Waals surface area contributed by atoms with Gasteiger partial charge >= 0.3 is 5.97 Å². The Labute approximate surface area is 181 Å². The summed E-state index contributed by atoms with van der Waals surface area (Å²) in [5.41, 5.74) is -0.783. The second-order valence-electron chi connectivity index (χ2n) is 9.89. The number of methoxy groups -OCH3 is 2. The van der Waals surface area contributed by atoms with Crippen molar-refractivity contribution < 1.29 is 28.4 Å². The number of esters is 1. The minimum atomic E-state index is -1.90. The highest BCUT2D eigenvalue weighted by atomic mass is 31.1. The summed E-state index contributed by atoms with van der Waals surface area (Å²) in [6.07, 6.45) is 0.813. The molecule has 30 heavy (non-hydrogen) atoms. The molecule has 168 valence electrons. The van der Waals surface area contributed by atoms with Gasteiger partial charge in [-0.05, 0) is 57.1 Å². The van der Waals surface area contributed by atoms with Gasteiger partial charge in [0.25, 0.3) is 0 Å². The Hall–Kier alpha value is -1.94. The Morgan fingerprint density at radius 1 is 0.967 bits per heavy atom. The van der Waals surface area contributed by atoms with Crippen molar-refractivity contribution >= 4 is 20.2 Å². The van der Waals surface area contributed by atoms with Gasteiger partial charge in [-0.15, -0.1) is 0 Å². The van der Waals surface area contributed by atoms with Crippen LogP contribution in [0.3, 0.4) is 0 Å². The monoisotopic (exact) mass is 438 g/mol. The van der Waals surface area contributed by atoms with Crippen molar-refractivity contribution in [1.82, 2.24) is 0 Å². The molecule has 0 fully saturated rings. The fourth-order valence-corrected chi connectivity index (χ4v) is 4.35. The highest BCUT2D eigenvalue weighted by Crippen LogP contribution is 2.43. The summed E-state index contributed by atoms with van der Waals surface area (Å²) in [6.45, 7) is 13.3. The summed E-state index contributed by atoms with van der Waals surface area (Å²) in [6, 6.07) is 4.90. The Morgan fingerprint density at radius 3 is 1.83 bits per heavy atom. The van der Waals surface area contributed by atoms with E-state index < -0.39 is 31.0 Å². The van der Waals surface area contributed by atoms with Gasteiger partial charge < -0.3 is 14.2 Å². The third kappa shape index (κ3) is 6.53. The lowest BCUT2D eigenvalue weighted by Crippen LogP contribution is -2.47. The fraction of sp³-hybridized carbons (Fsp3) is 0.652. The fourth-order valence-electron chi connectivity index (χ4n) is 3.65. The molecule has 1 rings (SSSR count). The second-order valence-corrected chi connectivity index (χ2v) is 10.8. The predicted octanol–water partition coefficient (Wildman–Crippen LogP) is 5.72. The normalized spacial score (nSPS) is 15.2. The molecule has 0 aliphatic heterocycles. The lowest BCUT2D eigenvalue weighted by atomic mass is 9.79. The van der Waals surface area contributed by atoms with Crippen LogP contribution in [0.25, 0.3) is 0 Å². The number of hydrogen-bond acceptors (Lipinski definition) is 6. The molecular formula is C23H35O6P. The Kier molecular flexibility index (Phi) is 8.62. The third-order valence-electron chi connectivity index (χ3n) is 4.53. The average molecular weight is 439 g/mol. The molecule has 0 N–H and O–H groups in total. The molecule has 1 aromatic carbocycles. The maximum Gasteiger partial charge on any atom is 0.332 e. The van der Waals surface area contributed by atoms with E-state index >= 15 is 0 Å². The molecule has 0 saturated carbocycles. The second kappa shape index (κ2) is 9.91. The van der Waals surface area contributed by atoms with Crippen LogP contribution in [-0.4, -0.2) is 36.7 Å². The number of carbonyl (C=O) groups is 2. The van der Waals surface area contributed by atoms with Crippen LogP contribution in [0.4, 0.5) is 0 Å². The molecule has 0 aliphatic rings. The summed E-state index contributed by atoms with van der Waals surface area (Å²) < 4.78 is 28.8. The first-order chi connectivity index (χ1) is 13.7. The van der Waals surface area contributed by atoms with E-state index in [1.807, 2.05) is 6.92 Å². The number of ether oxygens (including phenoxy) is 3. The van der Waals surface area contributed by atoms with E-state index in [2.05, 4.69) is 20.8 Å². The zero-order valence-corrected chi connectivity index (χ0v) is 20.5. The van der Waals surface area contributed by atoms with Crippen molar-refractivity contribution in [2.75, 3.05) is 14.2 Å². The van der Waals surface area contributed by atoms with Crippen LogP contribution < -0.4 is 9.47 Å². The number of ketones is 1. The number of benzene rings is 1. The predicted molar refractivity (Wildman–Crippen MR) is 118 cm³/mol. The molecule has 6 nitrogen and oxygen atoms in total. The zero-order chi connectivity index (χ0) is 23.3. The van der Waals surface area contributed by atoms with Gasteiger partial charge in [-0.2, -0.15) is 0 Å². The summed E-state index contributed by atoms with van der Waals surface area (Å²) in [4.78, 5) is 27.1. The van der Waals surface area contributed by atoms with Crippen molar-refractivity contribution in [2.24, 2.45) is 11.3 Å². The first kappa shape index (κ1) is 26.1. The number of carbonyl (C=O) groups excluding carboxylic acids is 2. The molecule has 2 unspecified atom stereocenters. The van der Waals surface area contributed by atoms with Crippen LogP contribution >= 0.6 is 8.46 Å². The first-order valence-corrected chi connectivity index (χ1v) is 10.9. The van der Waals surface area contributed by atoms with E-state index in [0.717, 1.165) is 6.42 Å². The summed E-state index contributed by atoms with van der Waals surface area (Å²) in [5, 5.41) is -1.90. The quantitative estimate of drug-likeness (QED) is 0.212. The summed E-state index contributed by atoms with van der Waals surface area (Å²) >= 11 is 0. The van der Waals surface area contributed by atoms with Gasteiger partial charge in [0.2, 0.25) is 5.16 Å². The van der Waals surface area contributed by atoms with Gasteiger partial charge in [0.05, 0.1) is 14.2 Å². The molecule has 0 aromatic heterocycles. The van der Waals surface area contributed by atoms with Gasteiger partial charge in [0, 0.05) is 0 Å². The molecule has 0 radical (unpaired) electrons. The number of Topliss-reactive ketones (excluding diaryl/α,β-unsaturated/α-hetero) is 1. The molecule has 0 aliphatic carbocycles. The molecule has 0 bridgehead atoms. The van der Waals surface area contributed by atoms with Crippen LogP contribution in [0.1, 0.15) is 71.7 Å². The van der Waals surface area contributed by atoms with E-state index in [9.17, 15) is 14.2 Å². The lowest BCUT2D eigenvalue weighted by molar-refractivity contribution is -0.157. The molecular weight excluding hydrogens is 403 g/mol. The highest BCUT2D eigenvalue weighted by Gasteiger charge is 2.52. The number of rotatable bonds is 9. The molecule has 2 atom stereocenters. The first-order valence-electron chi connectivity index (χ1n) is 10.0. The molecule has 0 heterocycles. The maximum atomic E-state index is 13.8. The van der Waals surface area contributed by atoms with Gasteiger partial charge in [0.15, 0.2) is 14.2 Å². The van der Waals surface area contributed by atoms with Crippen molar-refractivity contribution in [3.63, 3.8) is 0 Å². The number of hydrogen-bond donors (Lipinski definition) is 0. The van der Waals surface area contributed by atoms with E-state index in [4.69, 9.17) is 14.2 Å². The molecule has 7 heteroatoms. The van der Waals surface area contributed by atoms with Crippen molar-refractivity contribution in [3.8, 4) is 11.5 Å². The minimum Gasteiger partial charge on any atom is -0.496 e. The minimum absolute atomic E-state index is 0.0238. The highest BCUT2D eigenvalue weighted by molar-refractivity contribution is 7.30. The topological polar surface area (TPSA) is 78.9 Å². The molecule has 1 aromatic rings. The van der Waals surface area contributed by atoms with Crippen molar-refractivity contribution in [1.29, 1.82) is 0 Å². The molecule has 0 amide bonds. The van der Waals surface area contributed by atoms with Crippen molar-refractivity contribution in [3.05, 3.63) is 23.8 Å². The SMILES string of the molecule is COc1cccc(OC)c1C(=O)C(CC(C)CC(C)(C)C)(P=O)C(=O)OC(C)(C)C. The maximum absolute atomic E-state index is 13.8. The van der Waals surface area contributed by atoms with Crippen LogP contribution in [0.5, 0.6) is 11.5 Å². The van der Waals surface area contributed by atoms with Crippen molar-refractivity contribution in [2.45, 2.75) is 72.1 Å². The smallest absolute Gasteiger partial charge is 0.332 e. The molecule has 0 saturated heterocycles. The van der Waals surface area contributed by atoms with E-state index in [1.165, 1.54) is 14.2 Å². The van der Waals surface area contributed by atoms with Gasteiger partial charge in [0.1, 0.15) is 22.7 Å².